The molecule has 5 nitrogen and oxygen atoms in total. The van der Waals surface area contributed by atoms with Crippen LogP contribution < -0.4 is 10.1 Å². The zero-order valence-electron chi connectivity index (χ0n) is 10.4. The first-order valence-electron chi connectivity index (χ1n) is 5.56. The molecule has 0 aliphatic carbocycles. The summed E-state index contributed by atoms with van der Waals surface area (Å²) in [6.45, 7) is 0. The van der Waals surface area contributed by atoms with Crippen molar-refractivity contribution in [3.05, 3.63) is 56.0 Å². The van der Waals surface area contributed by atoms with E-state index in [9.17, 15) is 10.1 Å². The number of anilines is 2. The fourth-order valence-corrected chi connectivity index (χ4v) is 2.20. The van der Waals surface area contributed by atoms with Crippen molar-refractivity contribution in [2.24, 2.45) is 0 Å². The highest BCUT2D eigenvalue weighted by atomic mass is 79.9. The quantitative estimate of drug-likeness (QED) is 0.633. The van der Waals surface area contributed by atoms with Gasteiger partial charge < -0.3 is 10.1 Å². The number of hydrogen-bond donors (Lipinski definition) is 1. The summed E-state index contributed by atoms with van der Waals surface area (Å²) in [6.07, 6.45) is 0. The van der Waals surface area contributed by atoms with Crippen molar-refractivity contribution in [2.75, 3.05) is 12.4 Å². The van der Waals surface area contributed by atoms with E-state index in [0.717, 1.165) is 0 Å². The van der Waals surface area contributed by atoms with Crippen LogP contribution in [-0.4, -0.2) is 12.0 Å². The molecule has 0 saturated heterocycles. The lowest BCUT2D eigenvalue weighted by Gasteiger charge is -2.09. The first-order valence-corrected chi connectivity index (χ1v) is 6.73. The Balaban J connectivity index is 2.37. The Morgan fingerprint density at radius 1 is 1.25 bits per heavy atom. The third-order valence-electron chi connectivity index (χ3n) is 2.62. The van der Waals surface area contributed by atoms with Crippen LogP contribution >= 0.6 is 27.5 Å². The van der Waals surface area contributed by atoms with E-state index in [4.69, 9.17) is 16.3 Å². The van der Waals surface area contributed by atoms with E-state index in [1.807, 2.05) is 0 Å². The molecule has 0 aliphatic heterocycles. The number of nitrogens with zero attached hydrogens (tertiary/aromatic N) is 1. The minimum atomic E-state index is -0.515. The minimum Gasteiger partial charge on any atom is -0.497 e. The van der Waals surface area contributed by atoms with Gasteiger partial charge in [0.2, 0.25) is 0 Å². The van der Waals surface area contributed by atoms with Crippen molar-refractivity contribution >= 4 is 44.6 Å². The van der Waals surface area contributed by atoms with Gasteiger partial charge in [0, 0.05) is 10.2 Å². The van der Waals surface area contributed by atoms with Gasteiger partial charge in [-0.2, -0.15) is 0 Å². The fraction of sp³-hybridized carbons (Fsp3) is 0.0769. The van der Waals surface area contributed by atoms with E-state index >= 15 is 0 Å². The Kier molecular flexibility index (Phi) is 4.46. The molecule has 0 aromatic heterocycles. The van der Waals surface area contributed by atoms with Crippen LogP contribution in [0.25, 0.3) is 0 Å². The number of rotatable bonds is 4. The number of halogens is 2. The summed E-state index contributed by atoms with van der Waals surface area (Å²) in [6, 6.07) is 10.3. The molecule has 20 heavy (non-hydrogen) atoms. The molecule has 0 fully saturated rings. The van der Waals surface area contributed by atoms with E-state index in [-0.39, 0.29) is 10.7 Å². The molecule has 1 N–H and O–H groups in total. The first kappa shape index (κ1) is 14.6. The van der Waals surface area contributed by atoms with E-state index < -0.39 is 4.92 Å². The number of benzene rings is 2. The van der Waals surface area contributed by atoms with Gasteiger partial charge in [0.25, 0.3) is 0 Å². The van der Waals surface area contributed by atoms with E-state index in [0.29, 0.717) is 21.6 Å². The predicted molar refractivity (Wildman–Crippen MR) is 82.1 cm³/mol. The maximum Gasteiger partial charge on any atom is 0.312 e. The molecule has 7 heteroatoms. The second-order valence-corrected chi connectivity index (χ2v) is 5.10. The molecule has 0 atom stereocenters. The summed E-state index contributed by atoms with van der Waals surface area (Å²) in [5.74, 6) is 0.707. The minimum absolute atomic E-state index is 0.0634. The lowest BCUT2D eigenvalue weighted by atomic mass is 10.2. The zero-order chi connectivity index (χ0) is 14.7. The average Bonchev–Trinajstić information content (AvgIpc) is 2.43. The largest absolute Gasteiger partial charge is 0.497 e. The SMILES string of the molecule is COc1ccc(Nc2ccc(Br)c(Cl)c2[N+](=O)[O-])cc1. The summed E-state index contributed by atoms with van der Waals surface area (Å²) in [5.41, 5.74) is 0.859. The van der Waals surface area contributed by atoms with Gasteiger partial charge in [-0.05, 0) is 52.3 Å². The van der Waals surface area contributed by atoms with Crippen molar-refractivity contribution < 1.29 is 9.66 Å². The Bertz CT molecular complexity index is 647. The predicted octanol–water partition coefficient (Wildman–Crippen LogP) is 4.76. The van der Waals surface area contributed by atoms with Gasteiger partial charge >= 0.3 is 5.69 Å². The van der Waals surface area contributed by atoms with Crippen LogP contribution in [-0.2, 0) is 0 Å². The van der Waals surface area contributed by atoms with Gasteiger partial charge in [-0.25, -0.2) is 0 Å². The third-order valence-corrected chi connectivity index (χ3v) is 3.89. The van der Waals surface area contributed by atoms with E-state index in [1.54, 1.807) is 43.5 Å². The fourth-order valence-electron chi connectivity index (χ4n) is 1.65. The van der Waals surface area contributed by atoms with Gasteiger partial charge in [0.1, 0.15) is 16.5 Å². The Morgan fingerprint density at radius 2 is 1.90 bits per heavy atom. The van der Waals surface area contributed by atoms with Crippen LogP contribution in [0.5, 0.6) is 5.75 Å². The highest BCUT2D eigenvalue weighted by molar-refractivity contribution is 9.10. The topological polar surface area (TPSA) is 64.4 Å². The molecule has 0 amide bonds. The molecule has 0 spiro atoms. The number of methoxy groups -OCH3 is 1. The highest BCUT2D eigenvalue weighted by Crippen LogP contribution is 2.39. The summed E-state index contributed by atoms with van der Waals surface area (Å²) < 4.78 is 5.53. The third kappa shape index (κ3) is 3.02. The number of nitro groups is 1. The standard InChI is InChI=1S/C13H10BrClN2O3/c1-20-9-4-2-8(3-5-9)16-11-7-6-10(14)12(15)13(11)17(18)19/h2-7,16H,1H3. The summed E-state index contributed by atoms with van der Waals surface area (Å²) in [4.78, 5) is 10.6. The van der Waals surface area contributed by atoms with Crippen molar-refractivity contribution in [1.29, 1.82) is 0 Å². The lowest BCUT2D eigenvalue weighted by molar-refractivity contribution is -0.383. The Hall–Kier alpha value is -1.79. The number of hydrogen-bond acceptors (Lipinski definition) is 4. The molecular weight excluding hydrogens is 348 g/mol. The molecule has 104 valence electrons. The van der Waals surface area contributed by atoms with Crippen LogP contribution in [0, 0.1) is 10.1 Å². The first-order chi connectivity index (χ1) is 9.52. The van der Waals surface area contributed by atoms with Crippen molar-refractivity contribution in [2.45, 2.75) is 0 Å². The summed E-state index contributed by atoms with van der Waals surface area (Å²) >= 11 is 9.13. The number of ether oxygens (including phenoxy) is 1. The van der Waals surface area contributed by atoms with Crippen LogP contribution in [0.2, 0.25) is 5.02 Å². The van der Waals surface area contributed by atoms with Crippen molar-refractivity contribution in [3.63, 3.8) is 0 Å². The maximum atomic E-state index is 11.1. The molecule has 0 aliphatic rings. The second-order valence-electron chi connectivity index (χ2n) is 3.87. The summed E-state index contributed by atoms with van der Waals surface area (Å²) in [5, 5.41) is 14.2. The van der Waals surface area contributed by atoms with Gasteiger partial charge in [-0.1, -0.05) is 11.6 Å². The Labute approximate surface area is 128 Å². The van der Waals surface area contributed by atoms with Crippen LogP contribution in [0.1, 0.15) is 0 Å². The second kappa shape index (κ2) is 6.11. The van der Waals surface area contributed by atoms with Crippen LogP contribution in [0.3, 0.4) is 0 Å². The molecule has 0 saturated carbocycles. The maximum absolute atomic E-state index is 11.1. The molecule has 2 rings (SSSR count). The normalized spacial score (nSPS) is 10.2. The van der Waals surface area contributed by atoms with Crippen molar-refractivity contribution in [1.82, 2.24) is 0 Å². The highest BCUT2D eigenvalue weighted by Gasteiger charge is 2.21. The molecule has 0 bridgehead atoms. The number of nitrogens with one attached hydrogen (secondary N) is 1. The zero-order valence-corrected chi connectivity index (χ0v) is 12.7. The average molecular weight is 358 g/mol. The molecule has 2 aromatic carbocycles. The smallest absolute Gasteiger partial charge is 0.312 e. The van der Waals surface area contributed by atoms with E-state index in [1.165, 1.54) is 0 Å². The molecule has 2 aromatic rings. The van der Waals surface area contributed by atoms with Crippen LogP contribution in [0.4, 0.5) is 17.1 Å². The molecule has 0 radical (unpaired) electrons. The van der Waals surface area contributed by atoms with E-state index in [2.05, 4.69) is 21.2 Å². The molecular formula is C13H10BrClN2O3. The molecule has 0 unspecified atom stereocenters. The summed E-state index contributed by atoms with van der Waals surface area (Å²) in [7, 11) is 1.57. The Morgan fingerprint density at radius 3 is 2.45 bits per heavy atom. The van der Waals surface area contributed by atoms with Crippen molar-refractivity contribution in [3.8, 4) is 5.75 Å². The van der Waals surface area contributed by atoms with Gasteiger partial charge in [-0.3, -0.25) is 10.1 Å². The van der Waals surface area contributed by atoms with Gasteiger partial charge in [-0.15, -0.1) is 0 Å². The van der Waals surface area contributed by atoms with Gasteiger partial charge in [0.15, 0.2) is 0 Å². The number of nitro benzene ring substituents is 1. The van der Waals surface area contributed by atoms with Gasteiger partial charge in [0.05, 0.1) is 12.0 Å². The lowest BCUT2D eigenvalue weighted by Crippen LogP contribution is -1.98. The van der Waals surface area contributed by atoms with Crippen LogP contribution in [0.15, 0.2) is 40.9 Å². The molecule has 0 heterocycles. The monoisotopic (exact) mass is 356 g/mol.